The second-order valence-corrected chi connectivity index (χ2v) is 5.33. The van der Waals surface area contributed by atoms with Crippen LogP contribution in [0.5, 0.6) is 5.75 Å². The summed E-state index contributed by atoms with van der Waals surface area (Å²) in [6.07, 6.45) is 3.05. The van der Waals surface area contributed by atoms with Gasteiger partial charge in [0.25, 0.3) is 5.91 Å². The number of ether oxygens (including phenoxy) is 1. The van der Waals surface area contributed by atoms with E-state index in [1.165, 1.54) is 0 Å². The fourth-order valence-corrected chi connectivity index (χ4v) is 2.25. The molecule has 1 aromatic rings. The predicted octanol–water partition coefficient (Wildman–Crippen LogP) is 3.33. The van der Waals surface area contributed by atoms with Gasteiger partial charge in [0, 0.05) is 6.54 Å². The number of hydrogen-bond acceptors (Lipinski definition) is 3. The van der Waals surface area contributed by atoms with Crippen molar-refractivity contribution in [1.82, 2.24) is 10.2 Å². The molecule has 0 unspecified atom stereocenters. The fraction of sp³-hybridized carbons (Fsp3) is 0.611. The SMILES string of the molecule is CCCCOc1ccccc1C(=O)NCCCN(CC)CC. The minimum atomic E-state index is -0.0494. The Bertz CT molecular complexity index is 431. The van der Waals surface area contributed by atoms with Crippen LogP contribution in [0.4, 0.5) is 0 Å². The van der Waals surface area contributed by atoms with Crippen LogP contribution in [0, 0.1) is 0 Å². The predicted molar refractivity (Wildman–Crippen MR) is 91.6 cm³/mol. The van der Waals surface area contributed by atoms with Gasteiger partial charge in [-0.05, 0) is 44.6 Å². The molecule has 4 nitrogen and oxygen atoms in total. The monoisotopic (exact) mass is 306 g/mol. The lowest BCUT2D eigenvalue weighted by molar-refractivity contribution is 0.0947. The first kappa shape index (κ1) is 18.5. The summed E-state index contributed by atoms with van der Waals surface area (Å²) in [4.78, 5) is 14.6. The molecule has 0 aliphatic carbocycles. The highest BCUT2D eigenvalue weighted by Gasteiger charge is 2.11. The lowest BCUT2D eigenvalue weighted by Crippen LogP contribution is -2.30. The number of hydrogen-bond donors (Lipinski definition) is 1. The number of amides is 1. The zero-order valence-corrected chi connectivity index (χ0v) is 14.2. The van der Waals surface area contributed by atoms with Crippen molar-refractivity contribution in [3.63, 3.8) is 0 Å². The van der Waals surface area contributed by atoms with Gasteiger partial charge in [0.05, 0.1) is 12.2 Å². The van der Waals surface area contributed by atoms with E-state index in [4.69, 9.17) is 4.74 Å². The van der Waals surface area contributed by atoms with Crippen molar-refractivity contribution in [2.24, 2.45) is 0 Å². The molecule has 1 rings (SSSR count). The molecule has 124 valence electrons. The average Bonchev–Trinajstić information content (AvgIpc) is 2.55. The van der Waals surface area contributed by atoms with E-state index in [1.54, 1.807) is 0 Å². The molecule has 1 aromatic carbocycles. The summed E-state index contributed by atoms with van der Waals surface area (Å²) in [6.45, 7) is 10.9. The molecule has 0 aliphatic heterocycles. The van der Waals surface area contributed by atoms with E-state index in [0.717, 1.165) is 38.9 Å². The van der Waals surface area contributed by atoms with Gasteiger partial charge in [-0.2, -0.15) is 0 Å². The van der Waals surface area contributed by atoms with Crippen molar-refractivity contribution >= 4 is 5.91 Å². The Morgan fingerprint density at radius 1 is 1.14 bits per heavy atom. The van der Waals surface area contributed by atoms with Crippen molar-refractivity contribution in [3.8, 4) is 5.75 Å². The van der Waals surface area contributed by atoms with E-state index in [9.17, 15) is 4.79 Å². The maximum atomic E-state index is 12.3. The molecule has 0 radical (unpaired) electrons. The van der Waals surface area contributed by atoms with Crippen molar-refractivity contribution in [2.45, 2.75) is 40.0 Å². The molecule has 1 amide bonds. The minimum absolute atomic E-state index is 0.0494. The third kappa shape index (κ3) is 6.48. The molecule has 0 bridgehead atoms. The Labute approximate surface area is 134 Å². The number of nitrogens with one attached hydrogen (secondary N) is 1. The van der Waals surface area contributed by atoms with Gasteiger partial charge in [-0.1, -0.05) is 39.3 Å². The molecule has 1 N–H and O–H groups in total. The largest absolute Gasteiger partial charge is 0.493 e. The van der Waals surface area contributed by atoms with E-state index in [2.05, 4.69) is 31.0 Å². The highest BCUT2D eigenvalue weighted by atomic mass is 16.5. The van der Waals surface area contributed by atoms with Crippen molar-refractivity contribution < 1.29 is 9.53 Å². The van der Waals surface area contributed by atoms with E-state index in [1.807, 2.05) is 24.3 Å². The van der Waals surface area contributed by atoms with Crippen LogP contribution in [0.25, 0.3) is 0 Å². The van der Waals surface area contributed by atoms with Crippen LogP contribution in [-0.4, -0.2) is 43.6 Å². The molecular weight excluding hydrogens is 276 g/mol. The topological polar surface area (TPSA) is 41.6 Å². The number of para-hydroxylation sites is 1. The molecule has 0 saturated carbocycles. The molecular formula is C18H30N2O2. The molecule has 0 fully saturated rings. The third-order valence-electron chi connectivity index (χ3n) is 3.72. The van der Waals surface area contributed by atoms with E-state index >= 15 is 0 Å². The lowest BCUT2D eigenvalue weighted by Gasteiger charge is -2.18. The highest BCUT2D eigenvalue weighted by Crippen LogP contribution is 2.18. The number of rotatable bonds is 11. The van der Waals surface area contributed by atoms with Crippen LogP contribution in [0.15, 0.2) is 24.3 Å². The Kier molecular flexibility index (Phi) is 9.31. The van der Waals surface area contributed by atoms with Gasteiger partial charge in [-0.3, -0.25) is 4.79 Å². The Hall–Kier alpha value is -1.55. The number of unbranched alkanes of at least 4 members (excludes halogenated alkanes) is 1. The molecule has 0 aromatic heterocycles. The molecule has 0 heterocycles. The van der Waals surface area contributed by atoms with Gasteiger partial charge >= 0.3 is 0 Å². The van der Waals surface area contributed by atoms with E-state index in [0.29, 0.717) is 24.5 Å². The second-order valence-electron chi connectivity index (χ2n) is 5.33. The quantitative estimate of drug-likeness (QED) is 0.638. The zero-order chi connectivity index (χ0) is 16.2. The summed E-state index contributed by atoms with van der Waals surface area (Å²) < 4.78 is 5.71. The summed E-state index contributed by atoms with van der Waals surface area (Å²) in [6, 6.07) is 7.46. The summed E-state index contributed by atoms with van der Waals surface area (Å²) in [5, 5.41) is 2.99. The molecule has 0 atom stereocenters. The van der Waals surface area contributed by atoms with Crippen LogP contribution >= 0.6 is 0 Å². The average molecular weight is 306 g/mol. The van der Waals surface area contributed by atoms with Crippen LogP contribution in [0.1, 0.15) is 50.4 Å². The standard InChI is InChI=1S/C18H30N2O2/c1-4-7-15-22-17-12-9-8-11-16(17)18(21)19-13-10-14-20(5-2)6-3/h8-9,11-12H,4-7,10,13-15H2,1-3H3,(H,19,21). The summed E-state index contributed by atoms with van der Waals surface area (Å²) >= 11 is 0. The normalized spacial score (nSPS) is 10.7. The fourth-order valence-electron chi connectivity index (χ4n) is 2.25. The number of carbonyl (C=O) groups excluding carboxylic acids is 1. The highest BCUT2D eigenvalue weighted by molar-refractivity contribution is 5.96. The van der Waals surface area contributed by atoms with Gasteiger partial charge < -0.3 is 15.0 Å². The Morgan fingerprint density at radius 3 is 2.55 bits per heavy atom. The van der Waals surface area contributed by atoms with Gasteiger partial charge in [0.1, 0.15) is 5.75 Å². The van der Waals surface area contributed by atoms with Gasteiger partial charge in [0.2, 0.25) is 0 Å². The van der Waals surface area contributed by atoms with E-state index < -0.39 is 0 Å². The minimum Gasteiger partial charge on any atom is -0.493 e. The van der Waals surface area contributed by atoms with Gasteiger partial charge in [-0.15, -0.1) is 0 Å². The smallest absolute Gasteiger partial charge is 0.255 e. The molecule has 4 heteroatoms. The summed E-state index contributed by atoms with van der Waals surface area (Å²) in [5.74, 6) is 0.629. The maximum absolute atomic E-state index is 12.3. The Balaban J connectivity index is 2.44. The van der Waals surface area contributed by atoms with Crippen molar-refractivity contribution in [1.29, 1.82) is 0 Å². The van der Waals surface area contributed by atoms with E-state index in [-0.39, 0.29) is 5.91 Å². The van der Waals surface area contributed by atoms with Gasteiger partial charge in [-0.25, -0.2) is 0 Å². The van der Waals surface area contributed by atoms with Crippen LogP contribution < -0.4 is 10.1 Å². The molecule has 22 heavy (non-hydrogen) atoms. The zero-order valence-electron chi connectivity index (χ0n) is 14.2. The lowest BCUT2D eigenvalue weighted by atomic mass is 10.2. The molecule has 0 aliphatic rings. The van der Waals surface area contributed by atoms with Crippen molar-refractivity contribution in [2.75, 3.05) is 32.8 Å². The second kappa shape index (κ2) is 11.1. The van der Waals surface area contributed by atoms with Gasteiger partial charge in [0.15, 0.2) is 0 Å². The van der Waals surface area contributed by atoms with Crippen molar-refractivity contribution in [3.05, 3.63) is 29.8 Å². The number of carbonyl (C=O) groups is 1. The number of benzene rings is 1. The van der Waals surface area contributed by atoms with Crippen LogP contribution in [-0.2, 0) is 0 Å². The number of nitrogens with zero attached hydrogens (tertiary/aromatic N) is 1. The molecule has 0 saturated heterocycles. The van der Waals surface area contributed by atoms with Crippen LogP contribution in [0.3, 0.4) is 0 Å². The first-order valence-electron chi connectivity index (χ1n) is 8.45. The maximum Gasteiger partial charge on any atom is 0.255 e. The van der Waals surface area contributed by atoms with Crippen LogP contribution in [0.2, 0.25) is 0 Å². The first-order valence-corrected chi connectivity index (χ1v) is 8.45. The summed E-state index contributed by atoms with van der Waals surface area (Å²) in [5.41, 5.74) is 0.626. The summed E-state index contributed by atoms with van der Waals surface area (Å²) in [7, 11) is 0. The first-order chi connectivity index (χ1) is 10.7. The third-order valence-corrected chi connectivity index (χ3v) is 3.72. The molecule has 0 spiro atoms. The Morgan fingerprint density at radius 2 is 1.86 bits per heavy atom.